The molecule has 4 N–H and O–H groups in total. The average Bonchev–Trinajstić information content (AvgIpc) is 2.47. The third-order valence-electron chi connectivity index (χ3n) is 2.31. The minimum Gasteiger partial charge on any atom is -0.461 e. The molecule has 22 heavy (non-hydrogen) atoms. The Balaban J connectivity index is 3.01. The summed E-state index contributed by atoms with van der Waals surface area (Å²) in [5.41, 5.74) is 11.5. The number of para-hydroxylation sites is 1. The zero-order chi connectivity index (χ0) is 16.5. The number of anilines is 1. The maximum absolute atomic E-state index is 12.0. The van der Waals surface area contributed by atoms with Gasteiger partial charge in [0, 0.05) is 4.47 Å². The number of nitrogens with zero attached hydrogens (tertiary/aromatic N) is 2. The fourth-order valence-electron chi connectivity index (χ4n) is 1.33. The number of esters is 1. The number of hydrogen-bond acceptors (Lipinski definition) is 6. The predicted octanol–water partition coefficient (Wildman–Crippen LogP) is 1.99. The molecule has 1 aromatic carbocycles. The first-order valence-corrected chi connectivity index (χ1v) is 7.51. The molecule has 0 saturated heterocycles. The van der Waals surface area contributed by atoms with Crippen LogP contribution >= 0.6 is 28.1 Å². The van der Waals surface area contributed by atoms with Gasteiger partial charge in [-0.3, -0.25) is 10.9 Å². The summed E-state index contributed by atoms with van der Waals surface area (Å²) in [4.78, 5) is 12.0. The van der Waals surface area contributed by atoms with Gasteiger partial charge in [0.1, 0.15) is 0 Å². The molecule has 1 rings (SSSR count). The first-order valence-electron chi connectivity index (χ1n) is 6.31. The summed E-state index contributed by atoms with van der Waals surface area (Å²) >= 11 is 8.03. The molecule has 7 nitrogen and oxygen atoms in total. The number of thiocarbonyl (C=S) groups is 1. The van der Waals surface area contributed by atoms with Gasteiger partial charge in [-0.2, -0.15) is 10.2 Å². The molecule has 1 aromatic rings. The monoisotopic (exact) mass is 385 g/mol. The van der Waals surface area contributed by atoms with E-state index in [4.69, 9.17) is 10.5 Å². The Hall–Kier alpha value is -2.00. The van der Waals surface area contributed by atoms with Crippen molar-refractivity contribution in [3.8, 4) is 0 Å². The van der Waals surface area contributed by atoms with Crippen molar-refractivity contribution in [2.45, 2.75) is 13.8 Å². The molecule has 0 aromatic heterocycles. The smallest absolute Gasteiger partial charge is 0.360 e. The van der Waals surface area contributed by atoms with Crippen LogP contribution in [0.5, 0.6) is 0 Å². The van der Waals surface area contributed by atoms with E-state index in [1.54, 1.807) is 19.9 Å². The van der Waals surface area contributed by atoms with Crippen LogP contribution in [0.25, 0.3) is 0 Å². The quantitative estimate of drug-likeness (QED) is 0.299. The SMILES string of the molecule is CCOC(=O)C(=N/Nc1ccccc1Br)/C(C)=N\NC(N)=S. The van der Waals surface area contributed by atoms with Crippen LogP contribution in [0.2, 0.25) is 0 Å². The van der Waals surface area contributed by atoms with E-state index in [2.05, 4.69) is 49.2 Å². The molecule has 9 heteroatoms. The summed E-state index contributed by atoms with van der Waals surface area (Å²) in [6.07, 6.45) is 0. The maximum Gasteiger partial charge on any atom is 0.360 e. The Kier molecular flexibility index (Phi) is 7.47. The van der Waals surface area contributed by atoms with Crippen molar-refractivity contribution in [3.05, 3.63) is 28.7 Å². The molecule has 0 fully saturated rings. The number of carbonyl (C=O) groups is 1. The normalized spacial score (nSPS) is 11.8. The molecule has 0 aliphatic carbocycles. The largest absolute Gasteiger partial charge is 0.461 e. The Morgan fingerprint density at radius 1 is 1.41 bits per heavy atom. The molecule has 0 bridgehead atoms. The number of hydrazone groups is 2. The number of nitrogens with two attached hydrogens (primary N) is 1. The highest BCUT2D eigenvalue weighted by molar-refractivity contribution is 9.10. The Labute approximate surface area is 142 Å². The van der Waals surface area contributed by atoms with Gasteiger partial charge in [0.25, 0.3) is 0 Å². The van der Waals surface area contributed by atoms with Crippen LogP contribution in [0.15, 0.2) is 38.9 Å². The van der Waals surface area contributed by atoms with Crippen LogP contribution in [-0.2, 0) is 9.53 Å². The van der Waals surface area contributed by atoms with Crippen LogP contribution in [0, 0.1) is 0 Å². The molecule has 118 valence electrons. The van der Waals surface area contributed by atoms with E-state index in [9.17, 15) is 4.79 Å². The van der Waals surface area contributed by atoms with Crippen molar-refractivity contribution in [1.29, 1.82) is 0 Å². The van der Waals surface area contributed by atoms with Crippen molar-refractivity contribution < 1.29 is 9.53 Å². The standard InChI is InChI=1S/C13H16BrN5O2S/c1-3-21-12(20)11(8(2)16-19-13(15)22)18-17-10-7-5-4-6-9(10)14/h4-7,17H,3H2,1-2H3,(H3,15,19,22)/b16-8-,18-11+. The van der Waals surface area contributed by atoms with Crippen molar-refractivity contribution >= 4 is 56.3 Å². The summed E-state index contributed by atoms with van der Waals surface area (Å²) in [5, 5.41) is 7.92. The molecule has 0 saturated carbocycles. The fourth-order valence-corrected chi connectivity index (χ4v) is 1.75. The Morgan fingerprint density at radius 3 is 2.68 bits per heavy atom. The van der Waals surface area contributed by atoms with E-state index in [-0.39, 0.29) is 23.1 Å². The second kappa shape index (κ2) is 9.11. The van der Waals surface area contributed by atoms with Crippen LogP contribution < -0.4 is 16.6 Å². The van der Waals surface area contributed by atoms with Crippen LogP contribution in [0.4, 0.5) is 5.69 Å². The van der Waals surface area contributed by atoms with Crippen molar-refractivity contribution in [1.82, 2.24) is 5.43 Å². The molecule has 0 unspecified atom stereocenters. The van der Waals surface area contributed by atoms with Gasteiger partial charge in [-0.1, -0.05) is 12.1 Å². The number of ether oxygens (including phenoxy) is 1. The number of rotatable bonds is 6. The first kappa shape index (κ1) is 18.1. The predicted molar refractivity (Wildman–Crippen MR) is 94.9 cm³/mol. The van der Waals surface area contributed by atoms with Crippen molar-refractivity contribution in [2.75, 3.05) is 12.0 Å². The van der Waals surface area contributed by atoms with E-state index in [1.807, 2.05) is 18.2 Å². The van der Waals surface area contributed by atoms with E-state index >= 15 is 0 Å². The lowest BCUT2D eigenvalue weighted by atomic mass is 10.2. The number of nitrogens with one attached hydrogen (secondary N) is 2. The highest BCUT2D eigenvalue weighted by Crippen LogP contribution is 2.21. The highest BCUT2D eigenvalue weighted by atomic mass is 79.9. The molecule has 0 heterocycles. The number of benzene rings is 1. The van der Waals surface area contributed by atoms with Crippen molar-refractivity contribution in [2.24, 2.45) is 15.9 Å². The lowest BCUT2D eigenvalue weighted by Gasteiger charge is -2.08. The van der Waals surface area contributed by atoms with Crippen LogP contribution in [0.3, 0.4) is 0 Å². The number of carbonyl (C=O) groups excluding carboxylic acids is 1. The summed E-state index contributed by atoms with van der Waals surface area (Å²) in [5.74, 6) is -0.604. The van der Waals surface area contributed by atoms with Crippen LogP contribution in [-0.4, -0.2) is 29.1 Å². The lowest BCUT2D eigenvalue weighted by molar-refractivity contribution is -0.134. The highest BCUT2D eigenvalue weighted by Gasteiger charge is 2.17. The Bertz CT molecular complexity index is 618. The fraction of sp³-hybridized carbons (Fsp3) is 0.231. The van der Waals surface area contributed by atoms with Crippen molar-refractivity contribution in [3.63, 3.8) is 0 Å². The molecule has 0 aliphatic rings. The summed E-state index contributed by atoms with van der Waals surface area (Å²) in [6, 6.07) is 7.35. The van der Waals surface area contributed by atoms with Crippen LogP contribution in [0.1, 0.15) is 13.8 Å². The molecular formula is C13H16BrN5O2S. The maximum atomic E-state index is 12.0. The van der Waals surface area contributed by atoms with Gasteiger partial charge >= 0.3 is 5.97 Å². The van der Waals surface area contributed by atoms with Gasteiger partial charge in [0.2, 0.25) is 0 Å². The zero-order valence-electron chi connectivity index (χ0n) is 12.1. The average molecular weight is 386 g/mol. The molecule has 0 spiro atoms. The second-order valence-electron chi connectivity index (χ2n) is 3.95. The number of halogens is 1. The lowest BCUT2D eigenvalue weighted by Crippen LogP contribution is -2.30. The van der Waals surface area contributed by atoms with Gasteiger partial charge in [0.15, 0.2) is 10.8 Å². The van der Waals surface area contributed by atoms with Gasteiger partial charge in [-0.05, 0) is 54.1 Å². The van der Waals surface area contributed by atoms with E-state index in [0.29, 0.717) is 5.69 Å². The topological polar surface area (TPSA) is 101 Å². The molecule has 0 aliphatic heterocycles. The summed E-state index contributed by atoms with van der Waals surface area (Å²) < 4.78 is 5.76. The van der Waals surface area contributed by atoms with E-state index in [0.717, 1.165) is 4.47 Å². The molecule has 0 amide bonds. The van der Waals surface area contributed by atoms with Gasteiger partial charge in [-0.25, -0.2) is 4.79 Å². The minimum atomic E-state index is -0.604. The second-order valence-corrected chi connectivity index (χ2v) is 5.24. The van der Waals surface area contributed by atoms with Gasteiger partial charge in [0.05, 0.1) is 18.0 Å². The van der Waals surface area contributed by atoms with Gasteiger partial charge < -0.3 is 10.5 Å². The summed E-state index contributed by atoms with van der Waals surface area (Å²) in [7, 11) is 0. The third kappa shape index (κ3) is 5.78. The summed E-state index contributed by atoms with van der Waals surface area (Å²) in [6.45, 7) is 3.52. The zero-order valence-corrected chi connectivity index (χ0v) is 14.5. The Morgan fingerprint density at radius 2 is 2.09 bits per heavy atom. The van der Waals surface area contributed by atoms with E-state index in [1.165, 1.54) is 0 Å². The van der Waals surface area contributed by atoms with Gasteiger partial charge in [-0.15, -0.1) is 0 Å². The van der Waals surface area contributed by atoms with E-state index < -0.39 is 5.97 Å². The molecule has 0 atom stereocenters. The first-order chi connectivity index (χ1) is 10.5. The third-order valence-corrected chi connectivity index (χ3v) is 3.09. The molecular weight excluding hydrogens is 370 g/mol. The minimum absolute atomic E-state index is 0.0127. The number of hydrogen-bond donors (Lipinski definition) is 3. The molecule has 0 radical (unpaired) electrons.